The number of rotatable bonds is 5. The summed E-state index contributed by atoms with van der Waals surface area (Å²) in [5.41, 5.74) is 0.854. The first-order chi connectivity index (χ1) is 9.48. The quantitative estimate of drug-likeness (QED) is 0.824. The third-order valence-electron chi connectivity index (χ3n) is 2.98. The molecule has 2 nitrogen and oxygen atoms in total. The highest BCUT2D eigenvalue weighted by Gasteiger charge is 2.27. The molecule has 0 bridgehead atoms. The zero-order chi connectivity index (χ0) is 16.3. The Bertz CT molecular complexity index is 464. The lowest BCUT2D eigenvalue weighted by atomic mass is 10.1. The normalized spacial score (nSPS) is 12.6. The summed E-state index contributed by atoms with van der Waals surface area (Å²) in [7, 11) is 1.46. The molecule has 0 aliphatic heterocycles. The van der Waals surface area contributed by atoms with Gasteiger partial charge in [-0.1, -0.05) is 6.07 Å². The third-order valence-corrected chi connectivity index (χ3v) is 2.98. The monoisotopic (exact) mass is 306 g/mol. The van der Waals surface area contributed by atoms with Crippen LogP contribution in [0.1, 0.15) is 32.8 Å². The molecule has 0 aliphatic carbocycles. The van der Waals surface area contributed by atoms with Gasteiger partial charge in [0.1, 0.15) is 5.82 Å². The number of nitrogens with zero attached hydrogens (tertiary/aromatic N) is 1. The molecule has 0 saturated carbocycles. The number of hydrogen-bond donors (Lipinski definition) is 1. The van der Waals surface area contributed by atoms with E-state index in [1.165, 1.54) is 24.1 Å². The van der Waals surface area contributed by atoms with Gasteiger partial charge in [-0.05, 0) is 38.5 Å². The smallest absolute Gasteiger partial charge is 0.372 e. The van der Waals surface area contributed by atoms with E-state index in [-0.39, 0.29) is 17.8 Å². The van der Waals surface area contributed by atoms with E-state index in [1.54, 1.807) is 6.07 Å². The van der Waals surface area contributed by atoms with Crippen molar-refractivity contribution < 1.29 is 17.6 Å². The van der Waals surface area contributed by atoms with Crippen LogP contribution in [0, 0.1) is 5.82 Å². The zero-order valence-corrected chi connectivity index (χ0v) is 12.8. The van der Waals surface area contributed by atoms with E-state index in [2.05, 4.69) is 5.32 Å². The van der Waals surface area contributed by atoms with Crippen molar-refractivity contribution in [3.8, 4) is 0 Å². The molecule has 0 atom stereocenters. The second-order valence-electron chi connectivity index (χ2n) is 6.18. The average Bonchev–Trinajstić information content (AvgIpc) is 2.32. The van der Waals surface area contributed by atoms with Gasteiger partial charge in [0.05, 0.1) is 12.1 Å². The molecule has 0 radical (unpaired) electrons. The standard InChI is InChI=1S/C15H22F4N2/c1-14(2,3)20-10-11-5-6-13(12(16)9-11)21(4)8-7-15(17,18)19/h5-6,9,20H,7-8,10H2,1-4H3. The predicted octanol–water partition coefficient (Wildman–Crippen LogP) is 4.10. The van der Waals surface area contributed by atoms with Gasteiger partial charge in [-0.15, -0.1) is 0 Å². The molecule has 1 aromatic rings. The van der Waals surface area contributed by atoms with E-state index in [0.29, 0.717) is 6.54 Å². The SMILES string of the molecule is CN(CCC(F)(F)F)c1ccc(CNC(C)(C)C)cc1F. The van der Waals surface area contributed by atoms with Crippen molar-refractivity contribution in [2.75, 3.05) is 18.5 Å². The van der Waals surface area contributed by atoms with Gasteiger partial charge in [-0.2, -0.15) is 13.2 Å². The molecule has 1 N–H and O–H groups in total. The van der Waals surface area contributed by atoms with E-state index in [1.807, 2.05) is 20.8 Å². The molecule has 0 amide bonds. The van der Waals surface area contributed by atoms with Crippen LogP contribution in [0.15, 0.2) is 18.2 Å². The van der Waals surface area contributed by atoms with Crippen LogP contribution in [-0.4, -0.2) is 25.3 Å². The molecule has 6 heteroatoms. The van der Waals surface area contributed by atoms with Crippen LogP contribution >= 0.6 is 0 Å². The van der Waals surface area contributed by atoms with Crippen molar-refractivity contribution in [3.05, 3.63) is 29.6 Å². The second-order valence-corrected chi connectivity index (χ2v) is 6.18. The van der Waals surface area contributed by atoms with E-state index >= 15 is 0 Å². The zero-order valence-electron chi connectivity index (χ0n) is 12.8. The highest BCUT2D eigenvalue weighted by atomic mass is 19.4. The van der Waals surface area contributed by atoms with Gasteiger partial charge in [0.15, 0.2) is 0 Å². The number of nitrogens with one attached hydrogen (secondary N) is 1. The molecule has 0 saturated heterocycles. The number of alkyl halides is 3. The summed E-state index contributed by atoms with van der Waals surface area (Å²) in [6, 6.07) is 4.60. The minimum absolute atomic E-state index is 0.0847. The van der Waals surface area contributed by atoms with Crippen LogP contribution in [0.3, 0.4) is 0 Å². The van der Waals surface area contributed by atoms with Gasteiger partial charge >= 0.3 is 6.18 Å². The van der Waals surface area contributed by atoms with Gasteiger partial charge in [0.25, 0.3) is 0 Å². The largest absolute Gasteiger partial charge is 0.390 e. The first-order valence-electron chi connectivity index (χ1n) is 6.79. The number of anilines is 1. The Labute approximate surface area is 123 Å². The van der Waals surface area contributed by atoms with E-state index in [9.17, 15) is 17.6 Å². The number of halogens is 4. The molecular weight excluding hydrogens is 284 g/mol. The molecular formula is C15H22F4N2. The Morgan fingerprint density at radius 3 is 2.24 bits per heavy atom. The van der Waals surface area contributed by atoms with Crippen molar-refractivity contribution in [2.24, 2.45) is 0 Å². The van der Waals surface area contributed by atoms with Gasteiger partial charge < -0.3 is 10.2 Å². The maximum absolute atomic E-state index is 14.0. The Kier molecular flexibility index (Phi) is 5.61. The Morgan fingerprint density at radius 2 is 1.76 bits per heavy atom. The van der Waals surface area contributed by atoms with Gasteiger partial charge in [0, 0.05) is 25.7 Å². The third kappa shape index (κ3) is 6.80. The summed E-state index contributed by atoms with van der Waals surface area (Å²) in [6.07, 6.45) is -5.20. The maximum atomic E-state index is 14.0. The lowest BCUT2D eigenvalue weighted by Gasteiger charge is -2.23. The Hall–Kier alpha value is -1.30. The molecule has 1 aromatic carbocycles. The van der Waals surface area contributed by atoms with Crippen LogP contribution in [0.4, 0.5) is 23.2 Å². The van der Waals surface area contributed by atoms with Gasteiger partial charge in [0.2, 0.25) is 0 Å². The fourth-order valence-electron chi connectivity index (χ4n) is 1.75. The predicted molar refractivity (Wildman–Crippen MR) is 76.9 cm³/mol. The first kappa shape index (κ1) is 17.8. The fraction of sp³-hybridized carbons (Fsp3) is 0.600. The van der Waals surface area contributed by atoms with E-state index in [4.69, 9.17) is 0 Å². The van der Waals surface area contributed by atoms with Crippen LogP contribution in [-0.2, 0) is 6.54 Å². The minimum atomic E-state index is -4.23. The molecule has 1 rings (SSSR count). The van der Waals surface area contributed by atoms with Crippen molar-refractivity contribution in [1.29, 1.82) is 0 Å². The molecule has 0 aliphatic rings. The summed E-state index contributed by atoms with van der Waals surface area (Å²) >= 11 is 0. The molecule has 0 aromatic heterocycles. The topological polar surface area (TPSA) is 15.3 Å². The second kappa shape index (κ2) is 6.64. The summed E-state index contributed by atoms with van der Waals surface area (Å²) in [4.78, 5) is 1.28. The summed E-state index contributed by atoms with van der Waals surface area (Å²) in [5.74, 6) is -0.507. The van der Waals surface area contributed by atoms with Crippen molar-refractivity contribution in [2.45, 2.75) is 45.5 Å². The minimum Gasteiger partial charge on any atom is -0.372 e. The van der Waals surface area contributed by atoms with Crippen molar-refractivity contribution in [3.63, 3.8) is 0 Å². The van der Waals surface area contributed by atoms with Crippen LogP contribution in [0.25, 0.3) is 0 Å². The molecule has 21 heavy (non-hydrogen) atoms. The molecule has 0 fully saturated rings. The molecule has 0 heterocycles. The van der Waals surface area contributed by atoms with Crippen LogP contribution in [0.2, 0.25) is 0 Å². The van der Waals surface area contributed by atoms with E-state index < -0.39 is 18.4 Å². The summed E-state index contributed by atoms with van der Waals surface area (Å²) in [6.45, 7) is 6.25. The van der Waals surface area contributed by atoms with Crippen molar-refractivity contribution >= 4 is 5.69 Å². The lowest BCUT2D eigenvalue weighted by Crippen LogP contribution is -2.35. The molecule has 0 spiro atoms. The van der Waals surface area contributed by atoms with Crippen molar-refractivity contribution in [1.82, 2.24) is 5.32 Å². The number of hydrogen-bond acceptors (Lipinski definition) is 2. The van der Waals surface area contributed by atoms with Crippen LogP contribution < -0.4 is 10.2 Å². The van der Waals surface area contributed by atoms with Gasteiger partial charge in [-0.25, -0.2) is 4.39 Å². The van der Waals surface area contributed by atoms with Gasteiger partial charge in [-0.3, -0.25) is 0 Å². The Morgan fingerprint density at radius 1 is 1.14 bits per heavy atom. The molecule has 120 valence electrons. The summed E-state index contributed by atoms with van der Waals surface area (Å²) < 4.78 is 50.5. The highest BCUT2D eigenvalue weighted by Crippen LogP contribution is 2.24. The lowest BCUT2D eigenvalue weighted by molar-refractivity contribution is -0.132. The maximum Gasteiger partial charge on any atom is 0.390 e. The first-order valence-corrected chi connectivity index (χ1v) is 6.79. The average molecular weight is 306 g/mol. The Balaban J connectivity index is 2.69. The molecule has 0 unspecified atom stereocenters. The van der Waals surface area contributed by atoms with Crippen LogP contribution in [0.5, 0.6) is 0 Å². The van der Waals surface area contributed by atoms with E-state index in [0.717, 1.165) is 5.56 Å². The highest BCUT2D eigenvalue weighted by molar-refractivity contribution is 5.48. The number of benzene rings is 1. The fourth-order valence-corrected chi connectivity index (χ4v) is 1.75. The summed E-state index contributed by atoms with van der Waals surface area (Å²) in [5, 5.41) is 3.23.